The fraction of sp³-hybridized carbons (Fsp3) is 0.611. The average molecular weight is 495 g/mol. The summed E-state index contributed by atoms with van der Waals surface area (Å²) in [6.45, 7) is 9.78. The van der Waals surface area contributed by atoms with Crippen LogP contribution in [0.25, 0.3) is 0 Å². The third-order valence-electron chi connectivity index (χ3n) is 4.55. The van der Waals surface area contributed by atoms with E-state index in [0.29, 0.717) is 19.6 Å². The number of rotatable bonds is 4. The van der Waals surface area contributed by atoms with Crippen molar-refractivity contribution in [2.45, 2.75) is 39.0 Å². The number of methoxy groups -OCH3 is 1. The zero-order chi connectivity index (χ0) is 18.7. The summed E-state index contributed by atoms with van der Waals surface area (Å²) in [4.78, 5) is 6.76. The van der Waals surface area contributed by atoms with Crippen LogP contribution in [0, 0.1) is 6.92 Å². The van der Waals surface area contributed by atoms with E-state index in [1.807, 2.05) is 30.9 Å². The van der Waals surface area contributed by atoms with Gasteiger partial charge in [-0.15, -0.1) is 24.0 Å². The van der Waals surface area contributed by atoms with Gasteiger partial charge in [0.1, 0.15) is 5.75 Å². The fourth-order valence-electron chi connectivity index (χ4n) is 2.96. The van der Waals surface area contributed by atoms with Gasteiger partial charge in [0.25, 0.3) is 0 Å². The Labute approximate surface area is 174 Å². The second-order valence-corrected chi connectivity index (χ2v) is 9.72. The monoisotopic (exact) mass is 495 g/mol. The number of aryl methyl sites for hydroxylation is 1. The first-order valence-electron chi connectivity index (χ1n) is 8.59. The van der Waals surface area contributed by atoms with Crippen molar-refractivity contribution in [3.63, 3.8) is 0 Å². The van der Waals surface area contributed by atoms with Gasteiger partial charge in [0.15, 0.2) is 15.8 Å². The largest absolute Gasteiger partial charge is 0.496 e. The Kier molecular flexibility index (Phi) is 8.19. The van der Waals surface area contributed by atoms with E-state index in [4.69, 9.17) is 9.73 Å². The standard InChI is InChI=1S/C18H29N3O3S.HI/c1-6-19-17(21-9-10-25(22,23)18(3,4)13-21)20-12-15-7-8-16(24-5)14(2)11-15;/h7-8,11H,6,9-10,12-13H2,1-5H3,(H,19,20);1H. The second kappa shape index (κ2) is 9.25. The van der Waals surface area contributed by atoms with Crippen LogP contribution in [0.2, 0.25) is 0 Å². The molecule has 0 aliphatic carbocycles. The minimum atomic E-state index is -3.06. The molecule has 6 nitrogen and oxygen atoms in total. The number of halogens is 1. The Morgan fingerprint density at radius 2 is 2.08 bits per heavy atom. The molecule has 2 rings (SSSR count). The maximum absolute atomic E-state index is 12.2. The molecule has 0 unspecified atom stereocenters. The minimum Gasteiger partial charge on any atom is -0.496 e. The van der Waals surface area contributed by atoms with E-state index in [9.17, 15) is 8.42 Å². The van der Waals surface area contributed by atoms with Crippen molar-refractivity contribution < 1.29 is 13.2 Å². The lowest BCUT2D eigenvalue weighted by molar-refractivity contribution is 0.353. The average Bonchev–Trinajstić information content (AvgIpc) is 2.54. The minimum absolute atomic E-state index is 0. The fourth-order valence-corrected chi connectivity index (χ4v) is 4.32. The first-order valence-corrected chi connectivity index (χ1v) is 10.2. The van der Waals surface area contributed by atoms with Crippen LogP contribution in [0.4, 0.5) is 0 Å². The van der Waals surface area contributed by atoms with Crippen LogP contribution in [0.5, 0.6) is 5.75 Å². The smallest absolute Gasteiger partial charge is 0.194 e. The Morgan fingerprint density at radius 3 is 2.62 bits per heavy atom. The normalized spacial score (nSPS) is 18.8. The molecule has 0 amide bonds. The van der Waals surface area contributed by atoms with Gasteiger partial charge in [-0.3, -0.25) is 0 Å². The topological polar surface area (TPSA) is 71.0 Å². The van der Waals surface area contributed by atoms with Gasteiger partial charge in [-0.05, 0) is 44.9 Å². The van der Waals surface area contributed by atoms with Crippen LogP contribution in [-0.2, 0) is 16.4 Å². The summed E-state index contributed by atoms with van der Waals surface area (Å²) < 4.78 is 28.9. The van der Waals surface area contributed by atoms with Gasteiger partial charge < -0.3 is 15.0 Å². The number of benzene rings is 1. The molecule has 0 bridgehead atoms. The highest BCUT2D eigenvalue weighted by atomic mass is 127. The van der Waals surface area contributed by atoms with Crippen LogP contribution in [0.1, 0.15) is 31.9 Å². The molecular weight excluding hydrogens is 465 g/mol. The molecule has 8 heteroatoms. The van der Waals surface area contributed by atoms with Gasteiger partial charge in [0.05, 0.1) is 24.2 Å². The summed E-state index contributed by atoms with van der Waals surface area (Å²) in [5.41, 5.74) is 2.17. The molecule has 1 fully saturated rings. The molecule has 0 aromatic heterocycles. The number of hydrogen-bond acceptors (Lipinski definition) is 4. The van der Waals surface area contributed by atoms with E-state index in [0.717, 1.165) is 29.4 Å². The Morgan fingerprint density at radius 1 is 1.38 bits per heavy atom. The summed E-state index contributed by atoms with van der Waals surface area (Å²) in [5.74, 6) is 1.79. The molecule has 1 aromatic rings. The van der Waals surface area contributed by atoms with Crippen molar-refractivity contribution in [1.29, 1.82) is 0 Å². The summed E-state index contributed by atoms with van der Waals surface area (Å²) >= 11 is 0. The molecule has 1 heterocycles. The van der Waals surface area contributed by atoms with Crippen molar-refractivity contribution in [2.75, 3.05) is 32.5 Å². The Balaban J connectivity index is 0.00000338. The second-order valence-electron chi connectivity index (χ2n) is 6.97. The number of nitrogens with zero attached hydrogens (tertiary/aromatic N) is 2. The molecule has 26 heavy (non-hydrogen) atoms. The third-order valence-corrected chi connectivity index (χ3v) is 7.08. The molecule has 0 atom stereocenters. The SMILES string of the molecule is CCNC(=NCc1ccc(OC)c(C)c1)N1CCS(=O)(=O)C(C)(C)C1.I. The first-order chi connectivity index (χ1) is 11.7. The predicted molar refractivity (Wildman–Crippen MR) is 117 cm³/mol. The van der Waals surface area contributed by atoms with Crippen molar-refractivity contribution >= 4 is 39.8 Å². The van der Waals surface area contributed by atoms with E-state index in [1.54, 1.807) is 21.0 Å². The van der Waals surface area contributed by atoms with Crippen LogP contribution in [0.15, 0.2) is 23.2 Å². The lowest BCUT2D eigenvalue weighted by Gasteiger charge is -2.39. The molecule has 1 N–H and O–H groups in total. The number of sulfone groups is 1. The first kappa shape index (κ1) is 23.0. The van der Waals surface area contributed by atoms with Crippen LogP contribution in [-0.4, -0.2) is 56.5 Å². The van der Waals surface area contributed by atoms with Gasteiger partial charge in [0, 0.05) is 19.6 Å². The van der Waals surface area contributed by atoms with Crippen LogP contribution in [0.3, 0.4) is 0 Å². The predicted octanol–water partition coefficient (Wildman–Crippen LogP) is 2.60. The maximum Gasteiger partial charge on any atom is 0.194 e. The third kappa shape index (κ3) is 5.25. The Bertz CT molecular complexity index is 748. The molecule has 148 valence electrons. The number of aliphatic imine (C=N–C) groups is 1. The van der Waals surface area contributed by atoms with Gasteiger partial charge >= 0.3 is 0 Å². The number of guanidine groups is 1. The van der Waals surface area contributed by atoms with E-state index >= 15 is 0 Å². The van der Waals surface area contributed by atoms with E-state index in [-0.39, 0.29) is 29.7 Å². The van der Waals surface area contributed by atoms with Crippen molar-refractivity contribution in [3.8, 4) is 5.75 Å². The molecule has 1 aliphatic heterocycles. The maximum atomic E-state index is 12.2. The van der Waals surface area contributed by atoms with E-state index < -0.39 is 14.6 Å². The van der Waals surface area contributed by atoms with E-state index in [2.05, 4.69) is 11.4 Å². The summed E-state index contributed by atoms with van der Waals surface area (Å²) in [5, 5.41) is 3.28. The van der Waals surface area contributed by atoms with Crippen LogP contribution >= 0.6 is 24.0 Å². The molecule has 0 spiro atoms. The number of ether oxygens (including phenoxy) is 1. The van der Waals surface area contributed by atoms with Crippen LogP contribution < -0.4 is 10.1 Å². The molecule has 0 saturated carbocycles. The number of nitrogens with one attached hydrogen (secondary N) is 1. The number of hydrogen-bond donors (Lipinski definition) is 1. The van der Waals surface area contributed by atoms with Crippen molar-refractivity contribution in [3.05, 3.63) is 29.3 Å². The summed E-state index contributed by atoms with van der Waals surface area (Å²) in [6, 6.07) is 6.02. The highest BCUT2D eigenvalue weighted by Gasteiger charge is 2.40. The molecular formula is C18H30IN3O3S. The zero-order valence-electron chi connectivity index (χ0n) is 16.2. The lowest BCUT2D eigenvalue weighted by Crippen LogP contribution is -2.57. The lowest BCUT2D eigenvalue weighted by atomic mass is 10.1. The summed E-state index contributed by atoms with van der Waals surface area (Å²) in [6.07, 6.45) is 0. The molecule has 1 aromatic carbocycles. The highest BCUT2D eigenvalue weighted by Crippen LogP contribution is 2.24. The van der Waals surface area contributed by atoms with Gasteiger partial charge in [0.2, 0.25) is 0 Å². The van der Waals surface area contributed by atoms with Gasteiger partial charge in [-0.25, -0.2) is 13.4 Å². The van der Waals surface area contributed by atoms with Crippen molar-refractivity contribution in [2.24, 2.45) is 4.99 Å². The molecule has 1 saturated heterocycles. The quantitative estimate of drug-likeness (QED) is 0.395. The van der Waals surface area contributed by atoms with Crippen molar-refractivity contribution in [1.82, 2.24) is 10.2 Å². The van der Waals surface area contributed by atoms with Gasteiger partial charge in [-0.2, -0.15) is 0 Å². The van der Waals surface area contributed by atoms with Gasteiger partial charge in [-0.1, -0.05) is 12.1 Å². The highest BCUT2D eigenvalue weighted by molar-refractivity contribution is 14.0. The van der Waals surface area contributed by atoms with E-state index in [1.165, 1.54) is 0 Å². The zero-order valence-corrected chi connectivity index (χ0v) is 19.4. The summed E-state index contributed by atoms with van der Waals surface area (Å²) in [7, 11) is -1.40. The molecule has 1 aliphatic rings. The molecule has 0 radical (unpaired) electrons. The Hall–Kier alpha value is -1.03.